The van der Waals surface area contributed by atoms with Gasteiger partial charge in [0.2, 0.25) is 0 Å². The zero-order chi connectivity index (χ0) is 32.4. The quantitative estimate of drug-likeness (QED) is 0.216. The number of methoxy groups -OCH3 is 1. The van der Waals surface area contributed by atoms with Crippen LogP contribution in [0.5, 0.6) is 5.75 Å². The summed E-state index contributed by atoms with van der Waals surface area (Å²) in [6, 6.07) is 5.94. The lowest BCUT2D eigenvalue weighted by molar-refractivity contribution is -0.120. The molecule has 1 aromatic heterocycles. The van der Waals surface area contributed by atoms with E-state index < -0.39 is 18.0 Å². The first-order valence-corrected chi connectivity index (χ1v) is 14.2. The molecule has 0 aliphatic carbocycles. The monoisotopic (exact) mass is 581 g/mol. The summed E-state index contributed by atoms with van der Waals surface area (Å²) in [6.45, 7) is 14.5. The number of rotatable bonds is 7. The van der Waals surface area contributed by atoms with Gasteiger partial charge in [0.1, 0.15) is 17.3 Å². The van der Waals surface area contributed by atoms with Crippen molar-refractivity contribution in [1.29, 1.82) is 0 Å². The van der Waals surface area contributed by atoms with Crippen molar-refractivity contribution in [1.82, 2.24) is 15.5 Å². The Bertz CT molecular complexity index is 1240. The number of carbonyl (C=O) groups is 4. The van der Waals surface area contributed by atoms with Crippen molar-refractivity contribution < 1.29 is 28.3 Å². The summed E-state index contributed by atoms with van der Waals surface area (Å²) in [4.78, 5) is 48.0. The molecule has 9 heteroatoms. The van der Waals surface area contributed by atoms with Gasteiger partial charge in [-0.3, -0.25) is 19.7 Å². The maximum absolute atomic E-state index is 12.0. The van der Waals surface area contributed by atoms with Gasteiger partial charge in [0.05, 0.1) is 7.11 Å². The van der Waals surface area contributed by atoms with Gasteiger partial charge < -0.3 is 19.4 Å². The zero-order valence-electron chi connectivity index (χ0n) is 26.6. The fourth-order valence-corrected chi connectivity index (χ4v) is 3.82. The van der Waals surface area contributed by atoms with Crippen LogP contribution in [0.25, 0.3) is 6.08 Å². The lowest BCUT2D eigenvalue weighted by Crippen LogP contribution is -2.22. The summed E-state index contributed by atoms with van der Waals surface area (Å²) < 4.78 is 10.6. The maximum Gasteiger partial charge on any atom is 0.322 e. The number of amides is 4. The Morgan fingerprint density at radius 3 is 2.29 bits per heavy atom. The number of imide groups is 1. The molecule has 1 unspecified atom stereocenters. The SMILES string of the molecule is C#C.CC.CCC.CCCCC(=O)/C(C)=C/c1cc(C2NC(=O)NC2=O)oc1C.COc1ccc2c(c1)C(=O)N(C)C2. The number of benzene rings is 1. The van der Waals surface area contributed by atoms with Crippen LogP contribution in [0.2, 0.25) is 0 Å². The number of hydrogen-bond acceptors (Lipinski definition) is 6. The summed E-state index contributed by atoms with van der Waals surface area (Å²) in [5.74, 6) is 1.45. The third-order valence-electron chi connectivity index (χ3n) is 5.90. The molecule has 42 heavy (non-hydrogen) atoms. The first-order chi connectivity index (χ1) is 20.1. The Labute approximate surface area is 251 Å². The number of unbranched alkanes of at least 4 members (excludes halogenated alkanes) is 1. The fourth-order valence-electron chi connectivity index (χ4n) is 3.82. The van der Waals surface area contributed by atoms with Crippen LogP contribution in [-0.2, 0) is 16.1 Å². The van der Waals surface area contributed by atoms with Gasteiger partial charge in [0.25, 0.3) is 11.8 Å². The van der Waals surface area contributed by atoms with Crippen molar-refractivity contribution in [2.75, 3.05) is 14.2 Å². The molecule has 4 rings (SSSR count). The van der Waals surface area contributed by atoms with Crippen LogP contribution in [-0.4, -0.2) is 42.7 Å². The average molecular weight is 582 g/mol. The van der Waals surface area contributed by atoms with Gasteiger partial charge in [-0.15, -0.1) is 12.8 Å². The summed E-state index contributed by atoms with van der Waals surface area (Å²) in [7, 11) is 3.40. The van der Waals surface area contributed by atoms with E-state index in [1.807, 2.05) is 32.9 Å². The predicted molar refractivity (Wildman–Crippen MR) is 167 cm³/mol. The Hall–Kier alpha value is -4.32. The standard InChI is InChI=1S/C16H20N2O4.C10H11NO2.C3H8.C2H6.C2H2/c1-4-5-6-12(19)9(2)7-11-8-13(22-10(11)3)14-15(20)18-16(21)17-14;1-11-6-7-3-4-8(13-2)5-9(7)10(11)12;1-3-2;2*1-2/h7-8,14H,4-6H2,1-3H3,(H2,17,18,20,21);3-5H,6H2,1-2H3;3H2,1-2H3;1-2H3;1-2H/b9-7+;;;;. The maximum atomic E-state index is 12.0. The Morgan fingerprint density at radius 1 is 1.14 bits per heavy atom. The molecular weight excluding hydrogens is 534 g/mol. The number of aryl methyl sites for hydroxylation is 1. The number of hydrogen-bond donors (Lipinski definition) is 2. The van der Waals surface area contributed by atoms with Gasteiger partial charge in [0.15, 0.2) is 11.8 Å². The Morgan fingerprint density at radius 2 is 1.76 bits per heavy atom. The molecule has 0 saturated carbocycles. The molecular formula is C33H47N3O6. The van der Waals surface area contributed by atoms with E-state index in [0.717, 1.165) is 35.3 Å². The van der Waals surface area contributed by atoms with Crippen LogP contribution in [0.3, 0.4) is 0 Å². The largest absolute Gasteiger partial charge is 0.497 e. The number of Topliss-reactive ketones (excluding diaryl/α,β-unsaturated/α-hetero) is 1. The van der Waals surface area contributed by atoms with E-state index in [4.69, 9.17) is 9.15 Å². The number of furan rings is 1. The van der Waals surface area contributed by atoms with E-state index in [-0.39, 0.29) is 11.7 Å². The third-order valence-corrected chi connectivity index (χ3v) is 5.90. The summed E-state index contributed by atoms with van der Waals surface area (Å²) in [5.41, 5.74) is 3.24. The minimum absolute atomic E-state index is 0.0777. The minimum atomic E-state index is -0.815. The number of terminal acetylenes is 1. The highest BCUT2D eigenvalue weighted by atomic mass is 16.5. The molecule has 1 aromatic carbocycles. The summed E-state index contributed by atoms with van der Waals surface area (Å²) >= 11 is 0. The van der Waals surface area contributed by atoms with Gasteiger partial charge >= 0.3 is 6.03 Å². The van der Waals surface area contributed by atoms with Crippen molar-refractivity contribution in [2.24, 2.45) is 0 Å². The van der Waals surface area contributed by atoms with Crippen LogP contribution >= 0.6 is 0 Å². The van der Waals surface area contributed by atoms with Crippen molar-refractivity contribution in [2.45, 2.75) is 86.7 Å². The van der Waals surface area contributed by atoms with Crippen LogP contribution in [0.1, 0.15) is 106 Å². The molecule has 1 fully saturated rings. The number of carbonyl (C=O) groups excluding carboxylic acids is 4. The van der Waals surface area contributed by atoms with Gasteiger partial charge in [-0.25, -0.2) is 4.79 Å². The first kappa shape index (κ1) is 37.7. The van der Waals surface area contributed by atoms with Crippen molar-refractivity contribution in [3.8, 4) is 18.6 Å². The smallest absolute Gasteiger partial charge is 0.322 e. The molecule has 0 spiro atoms. The second-order valence-corrected chi connectivity index (χ2v) is 9.30. The average Bonchev–Trinajstić information content (AvgIpc) is 3.62. The number of ketones is 1. The second kappa shape index (κ2) is 19.7. The van der Waals surface area contributed by atoms with E-state index >= 15 is 0 Å². The van der Waals surface area contributed by atoms with E-state index in [9.17, 15) is 19.2 Å². The molecule has 0 radical (unpaired) electrons. The first-order valence-electron chi connectivity index (χ1n) is 14.2. The molecule has 2 aliphatic rings. The number of ether oxygens (including phenoxy) is 1. The lowest BCUT2D eigenvalue weighted by atomic mass is 10.0. The molecule has 0 bridgehead atoms. The molecule has 230 valence electrons. The van der Waals surface area contributed by atoms with Crippen molar-refractivity contribution in [3.05, 3.63) is 58.0 Å². The highest BCUT2D eigenvalue weighted by Gasteiger charge is 2.33. The van der Waals surface area contributed by atoms with Crippen molar-refractivity contribution in [3.63, 3.8) is 0 Å². The fraction of sp³-hybridized carbons (Fsp3) is 0.455. The van der Waals surface area contributed by atoms with Gasteiger partial charge in [-0.1, -0.05) is 53.5 Å². The van der Waals surface area contributed by atoms with Crippen LogP contribution in [0.4, 0.5) is 4.79 Å². The van der Waals surface area contributed by atoms with Crippen molar-refractivity contribution >= 4 is 29.7 Å². The lowest BCUT2D eigenvalue weighted by Gasteiger charge is -2.04. The van der Waals surface area contributed by atoms with Crippen LogP contribution < -0.4 is 15.4 Å². The molecule has 2 aromatic rings. The molecule has 2 aliphatic heterocycles. The van der Waals surface area contributed by atoms with E-state index in [2.05, 4.69) is 37.3 Å². The minimum Gasteiger partial charge on any atom is -0.497 e. The number of fused-ring (bicyclic) bond motifs is 1. The van der Waals surface area contributed by atoms with Gasteiger partial charge in [-0.2, -0.15) is 0 Å². The molecule has 1 saturated heterocycles. The highest BCUT2D eigenvalue weighted by Crippen LogP contribution is 2.26. The topological polar surface area (TPSA) is 118 Å². The van der Waals surface area contributed by atoms with Crippen LogP contribution in [0.15, 0.2) is 34.3 Å². The normalized spacial score (nSPS) is 14.7. The summed E-state index contributed by atoms with van der Waals surface area (Å²) in [5, 5.41) is 4.64. The molecule has 4 amide bonds. The number of allylic oxidation sites excluding steroid dienone is 1. The van der Waals surface area contributed by atoms with Gasteiger partial charge in [-0.05, 0) is 55.7 Å². The molecule has 1 atom stereocenters. The summed E-state index contributed by atoms with van der Waals surface area (Å²) in [6.07, 6.45) is 13.4. The number of urea groups is 1. The molecule has 2 N–H and O–H groups in total. The molecule has 9 nitrogen and oxygen atoms in total. The zero-order valence-corrected chi connectivity index (χ0v) is 26.6. The Balaban J connectivity index is 0.000000711. The molecule has 3 heterocycles. The second-order valence-electron chi connectivity index (χ2n) is 9.30. The number of nitrogens with one attached hydrogen (secondary N) is 2. The number of nitrogens with zero attached hydrogens (tertiary/aromatic N) is 1. The third kappa shape index (κ3) is 10.9. The Kier molecular flexibility index (Phi) is 17.7. The van der Waals surface area contributed by atoms with E-state index in [0.29, 0.717) is 30.1 Å². The van der Waals surface area contributed by atoms with E-state index in [1.165, 1.54) is 6.42 Å². The van der Waals surface area contributed by atoms with Crippen LogP contribution in [0, 0.1) is 19.8 Å². The van der Waals surface area contributed by atoms with Gasteiger partial charge in [0, 0.05) is 31.1 Å². The predicted octanol–water partition coefficient (Wildman–Crippen LogP) is 6.60. The highest BCUT2D eigenvalue weighted by molar-refractivity contribution is 6.04. The van der Waals surface area contributed by atoms with E-state index in [1.54, 1.807) is 51.1 Å².